The van der Waals surface area contributed by atoms with E-state index in [1.165, 1.54) is 12.1 Å². The van der Waals surface area contributed by atoms with Gasteiger partial charge in [-0.1, -0.05) is 28.1 Å². The van der Waals surface area contributed by atoms with Crippen molar-refractivity contribution in [2.75, 3.05) is 0 Å². The van der Waals surface area contributed by atoms with Crippen LogP contribution in [0.5, 0.6) is 5.75 Å². The number of hydrogen-bond acceptors (Lipinski definition) is 6. The van der Waals surface area contributed by atoms with Crippen LogP contribution < -0.4 is 0 Å². The molecular formula is C16H11BrN2O4. The number of benzene rings is 2. The second-order valence-electron chi connectivity index (χ2n) is 4.60. The fourth-order valence-electron chi connectivity index (χ4n) is 1.87. The lowest BCUT2D eigenvalue weighted by atomic mass is 10.2. The van der Waals surface area contributed by atoms with Crippen molar-refractivity contribution in [2.24, 2.45) is 0 Å². The molecule has 0 aliphatic rings. The van der Waals surface area contributed by atoms with E-state index >= 15 is 0 Å². The number of esters is 1. The van der Waals surface area contributed by atoms with Crippen LogP contribution in [0.3, 0.4) is 0 Å². The molecule has 1 aromatic heterocycles. The van der Waals surface area contributed by atoms with Crippen LogP contribution in [0.15, 0.2) is 57.4 Å². The van der Waals surface area contributed by atoms with Crippen LogP contribution in [-0.4, -0.2) is 21.3 Å². The first-order chi connectivity index (χ1) is 11.1. The van der Waals surface area contributed by atoms with E-state index in [9.17, 15) is 9.90 Å². The molecule has 23 heavy (non-hydrogen) atoms. The van der Waals surface area contributed by atoms with Crippen LogP contribution >= 0.6 is 15.9 Å². The molecule has 116 valence electrons. The van der Waals surface area contributed by atoms with E-state index in [0.717, 1.165) is 10.0 Å². The van der Waals surface area contributed by atoms with Gasteiger partial charge in [-0.25, -0.2) is 4.79 Å². The van der Waals surface area contributed by atoms with Crippen LogP contribution in [0.25, 0.3) is 11.5 Å². The minimum atomic E-state index is -0.661. The minimum absolute atomic E-state index is 0.0835. The molecule has 0 saturated heterocycles. The molecule has 6 nitrogen and oxygen atoms in total. The summed E-state index contributed by atoms with van der Waals surface area (Å²) in [6, 6.07) is 13.5. The van der Waals surface area contributed by atoms with Crippen LogP contribution in [0.4, 0.5) is 0 Å². The van der Waals surface area contributed by atoms with Gasteiger partial charge in [0.1, 0.15) is 11.3 Å². The predicted octanol–water partition coefficient (Wildman–Crippen LogP) is 3.56. The lowest BCUT2D eigenvalue weighted by molar-refractivity contribution is 0.0435. The molecule has 0 saturated carbocycles. The Morgan fingerprint density at radius 1 is 1.13 bits per heavy atom. The molecule has 7 heteroatoms. The molecule has 1 heterocycles. The first kappa shape index (κ1) is 15.2. The molecular weight excluding hydrogens is 364 g/mol. The molecule has 0 fully saturated rings. The Bertz CT molecular complexity index is 830. The maximum Gasteiger partial charge on any atom is 0.342 e. The fourth-order valence-corrected chi connectivity index (χ4v) is 2.14. The highest BCUT2D eigenvalue weighted by Crippen LogP contribution is 2.21. The molecule has 0 unspecified atom stereocenters. The molecule has 3 aromatic rings. The number of phenols is 1. The lowest BCUT2D eigenvalue weighted by Crippen LogP contribution is -2.05. The Balaban J connectivity index is 1.67. The summed E-state index contributed by atoms with van der Waals surface area (Å²) in [6.45, 7) is -0.170. The lowest BCUT2D eigenvalue weighted by Gasteiger charge is -2.03. The minimum Gasteiger partial charge on any atom is -0.507 e. The first-order valence-corrected chi connectivity index (χ1v) is 7.46. The van der Waals surface area contributed by atoms with Crippen molar-refractivity contribution in [3.63, 3.8) is 0 Å². The third kappa shape index (κ3) is 3.57. The van der Waals surface area contributed by atoms with E-state index in [0.29, 0.717) is 5.89 Å². The van der Waals surface area contributed by atoms with E-state index in [2.05, 4.69) is 26.1 Å². The fraction of sp³-hybridized carbons (Fsp3) is 0.0625. The monoisotopic (exact) mass is 374 g/mol. The normalized spacial score (nSPS) is 10.5. The van der Waals surface area contributed by atoms with Crippen molar-refractivity contribution in [3.05, 3.63) is 64.5 Å². The zero-order valence-electron chi connectivity index (χ0n) is 11.8. The number of nitrogens with zero attached hydrogens (tertiary/aromatic N) is 2. The Morgan fingerprint density at radius 3 is 2.61 bits per heavy atom. The van der Waals surface area contributed by atoms with Crippen LogP contribution in [0.2, 0.25) is 0 Å². The smallest absolute Gasteiger partial charge is 0.342 e. The Kier molecular flexibility index (Phi) is 4.38. The molecule has 0 aliphatic heterocycles. The van der Waals surface area contributed by atoms with Gasteiger partial charge in [0.15, 0.2) is 6.61 Å². The van der Waals surface area contributed by atoms with E-state index in [-0.39, 0.29) is 23.8 Å². The number of aromatic hydroxyl groups is 1. The van der Waals surface area contributed by atoms with Gasteiger partial charge in [-0.2, -0.15) is 0 Å². The van der Waals surface area contributed by atoms with Crippen LogP contribution in [0, 0.1) is 0 Å². The number of carbonyl (C=O) groups is 1. The number of ether oxygens (including phenoxy) is 1. The average molecular weight is 375 g/mol. The quantitative estimate of drug-likeness (QED) is 0.702. The molecule has 0 atom stereocenters. The highest BCUT2D eigenvalue weighted by atomic mass is 79.9. The highest BCUT2D eigenvalue weighted by Gasteiger charge is 2.14. The number of aromatic nitrogens is 2. The SMILES string of the molecule is O=C(OCc1nnc(-c2ccc(Br)cc2)o1)c1ccccc1O. The number of hydrogen-bond donors (Lipinski definition) is 1. The summed E-state index contributed by atoms with van der Waals surface area (Å²) in [5.41, 5.74) is 0.846. The van der Waals surface area contributed by atoms with E-state index in [1.807, 2.05) is 24.3 Å². The van der Waals surface area contributed by atoms with Gasteiger partial charge in [-0.05, 0) is 36.4 Å². The summed E-state index contributed by atoms with van der Waals surface area (Å²) >= 11 is 3.35. The zero-order valence-corrected chi connectivity index (χ0v) is 13.4. The van der Waals surface area contributed by atoms with Gasteiger partial charge in [0.25, 0.3) is 5.89 Å². The van der Waals surface area contributed by atoms with Crippen molar-refractivity contribution in [1.29, 1.82) is 0 Å². The van der Waals surface area contributed by atoms with E-state index in [1.54, 1.807) is 12.1 Å². The van der Waals surface area contributed by atoms with Gasteiger partial charge < -0.3 is 14.3 Å². The Labute approximate surface area is 139 Å². The van der Waals surface area contributed by atoms with Crippen molar-refractivity contribution >= 4 is 21.9 Å². The highest BCUT2D eigenvalue weighted by molar-refractivity contribution is 9.10. The maximum atomic E-state index is 11.9. The predicted molar refractivity (Wildman–Crippen MR) is 84.7 cm³/mol. The number of rotatable bonds is 4. The average Bonchev–Trinajstić information content (AvgIpc) is 3.03. The van der Waals surface area contributed by atoms with Crippen molar-refractivity contribution in [2.45, 2.75) is 6.61 Å². The van der Waals surface area contributed by atoms with Gasteiger partial charge in [-0.15, -0.1) is 10.2 Å². The molecule has 0 spiro atoms. The Hall–Kier alpha value is -2.67. The first-order valence-electron chi connectivity index (χ1n) is 6.67. The standard InChI is InChI=1S/C16H11BrN2O4/c17-11-7-5-10(6-8-11)15-19-18-14(23-15)9-22-16(21)12-3-1-2-4-13(12)20/h1-8,20H,9H2. The molecule has 0 aliphatic carbocycles. The summed E-state index contributed by atoms with van der Waals surface area (Å²) in [6.07, 6.45) is 0. The van der Waals surface area contributed by atoms with Crippen molar-refractivity contribution in [3.8, 4) is 17.2 Å². The number of carbonyl (C=O) groups excluding carboxylic acids is 1. The number of para-hydroxylation sites is 1. The third-order valence-corrected chi connectivity index (χ3v) is 3.54. The topological polar surface area (TPSA) is 85.5 Å². The van der Waals surface area contributed by atoms with Crippen molar-refractivity contribution in [1.82, 2.24) is 10.2 Å². The van der Waals surface area contributed by atoms with Gasteiger partial charge >= 0.3 is 5.97 Å². The summed E-state index contributed by atoms with van der Waals surface area (Å²) in [5, 5.41) is 17.3. The van der Waals surface area contributed by atoms with Gasteiger partial charge in [-0.3, -0.25) is 0 Å². The van der Waals surface area contributed by atoms with Crippen molar-refractivity contribution < 1.29 is 19.1 Å². The summed E-state index contributed by atoms with van der Waals surface area (Å²) in [4.78, 5) is 11.9. The van der Waals surface area contributed by atoms with Gasteiger partial charge in [0.2, 0.25) is 5.89 Å². The Morgan fingerprint density at radius 2 is 1.87 bits per heavy atom. The summed E-state index contributed by atoms with van der Waals surface area (Å²) in [5.74, 6) is -0.289. The molecule has 2 aromatic carbocycles. The molecule has 1 N–H and O–H groups in total. The van der Waals surface area contributed by atoms with Gasteiger partial charge in [0.05, 0.1) is 0 Å². The third-order valence-electron chi connectivity index (χ3n) is 3.01. The summed E-state index contributed by atoms with van der Waals surface area (Å²) < 4.78 is 11.5. The summed E-state index contributed by atoms with van der Waals surface area (Å²) in [7, 11) is 0. The second kappa shape index (κ2) is 6.62. The molecule has 3 rings (SSSR count). The van der Waals surface area contributed by atoms with E-state index in [4.69, 9.17) is 9.15 Å². The molecule has 0 bridgehead atoms. The van der Waals surface area contributed by atoms with Gasteiger partial charge in [0, 0.05) is 10.0 Å². The largest absolute Gasteiger partial charge is 0.507 e. The maximum absolute atomic E-state index is 11.9. The second-order valence-corrected chi connectivity index (χ2v) is 5.52. The zero-order chi connectivity index (χ0) is 16.2. The number of halogens is 1. The number of phenolic OH excluding ortho intramolecular Hbond substituents is 1. The molecule has 0 amide bonds. The van der Waals surface area contributed by atoms with Crippen LogP contribution in [-0.2, 0) is 11.3 Å². The van der Waals surface area contributed by atoms with Crippen LogP contribution in [0.1, 0.15) is 16.2 Å². The van der Waals surface area contributed by atoms with E-state index < -0.39 is 5.97 Å². The molecule has 0 radical (unpaired) electrons.